The minimum Gasteiger partial charge on any atom is -0.365 e. The predicted octanol–water partition coefficient (Wildman–Crippen LogP) is 3.22. The Bertz CT molecular complexity index is 644. The van der Waals surface area contributed by atoms with Gasteiger partial charge < -0.3 is 10.3 Å². The highest BCUT2D eigenvalue weighted by atomic mass is 35.5. The Hall–Kier alpha value is -1.78. The van der Waals surface area contributed by atoms with Gasteiger partial charge in [-0.2, -0.15) is 0 Å². The maximum absolute atomic E-state index is 6.28. The number of nitrogens with zero attached hydrogens (tertiary/aromatic N) is 2. The Kier molecular flexibility index (Phi) is 3.99. The van der Waals surface area contributed by atoms with Crippen molar-refractivity contribution in [2.75, 3.05) is 16.9 Å². The van der Waals surface area contributed by atoms with Crippen molar-refractivity contribution >= 4 is 23.1 Å². The van der Waals surface area contributed by atoms with Gasteiger partial charge in [-0.25, -0.2) is 10.8 Å². The first-order chi connectivity index (χ1) is 10.2. The Morgan fingerprint density at radius 2 is 2.14 bits per heavy atom. The molecule has 2 aromatic rings. The molecule has 0 aliphatic carbocycles. The summed E-state index contributed by atoms with van der Waals surface area (Å²) in [5.74, 6) is 6.68. The van der Waals surface area contributed by atoms with Gasteiger partial charge in [-0.1, -0.05) is 36.7 Å². The van der Waals surface area contributed by atoms with Crippen LogP contribution in [0.25, 0.3) is 0 Å². The number of hydrazine groups is 1. The second kappa shape index (κ2) is 5.92. The standard InChI is InChI=1S/C16H19ClN4/c1-11-8-12-4-2-3-5-15(12)21(9-11)10-14-13(17)6-7-16(19-14)20-18/h2-7,11H,8-10,18H2,1H3,(H,19,20). The summed E-state index contributed by atoms with van der Waals surface area (Å²) in [6.45, 7) is 3.97. The molecule has 0 spiro atoms. The molecule has 1 aromatic carbocycles. The number of halogens is 1. The molecular formula is C16H19ClN4. The van der Waals surface area contributed by atoms with E-state index in [9.17, 15) is 0 Å². The number of aromatic nitrogens is 1. The summed E-state index contributed by atoms with van der Waals surface area (Å²) < 4.78 is 0. The van der Waals surface area contributed by atoms with Gasteiger partial charge in [0, 0.05) is 12.2 Å². The van der Waals surface area contributed by atoms with E-state index in [2.05, 4.69) is 46.5 Å². The molecule has 1 aliphatic rings. The highest BCUT2D eigenvalue weighted by Gasteiger charge is 2.22. The van der Waals surface area contributed by atoms with Crippen LogP contribution in [0, 0.1) is 5.92 Å². The van der Waals surface area contributed by atoms with Crippen LogP contribution in [-0.4, -0.2) is 11.5 Å². The molecular weight excluding hydrogens is 284 g/mol. The number of fused-ring (bicyclic) bond motifs is 1. The molecule has 21 heavy (non-hydrogen) atoms. The summed E-state index contributed by atoms with van der Waals surface area (Å²) in [7, 11) is 0. The molecule has 4 nitrogen and oxygen atoms in total. The molecule has 3 rings (SSSR count). The fraction of sp³-hybridized carbons (Fsp3) is 0.312. The van der Waals surface area contributed by atoms with Gasteiger partial charge in [-0.15, -0.1) is 0 Å². The molecule has 0 amide bonds. The predicted molar refractivity (Wildman–Crippen MR) is 87.4 cm³/mol. The van der Waals surface area contributed by atoms with Gasteiger partial charge in [0.25, 0.3) is 0 Å². The van der Waals surface area contributed by atoms with Gasteiger partial charge in [0.15, 0.2) is 0 Å². The lowest BCUT2D eigenvalue weighted by atomic mass is 9.94. The van der Waals surface area contributed by atoms with Gasteiger partial charge in [-0.3, -0.25) is 0 Å². The molecule has 2 heterocycles. The molecule has 0 saturated heterocycles. The topological polar surface area (TPSA) is 54.2 Å². The Morgan fingerprint density at radius 1 is 1.33 bits per heavy atom. The summed E-state index contributed by atoms with van der Waals surface area (Å²) in [4.78, 5) is 6.82. The fourth-order valence-electron chi connectivity index (χ4n) is 2.91. The number of pyridine rings is 1. The zero-order valence-electron chi connectivity index (χ0n) is 12.0. The van der Waals surface area contributed by atoms with E-state index in [1.807, 2.05) is 6.07 Å². The van der Waals surface area contributed by atoms with Crippen LogP contribution >= 0.6 is 11.6 Å². The Balaban J connectivity index is 1.91. The first-order valence-electron chi connectivity index (χ1n) is 7.12. The smallest absolute Gasteiger partial charge is 0.140 e. The fourth-order valence-corrected chi connectivity index (χ4v) is 3.08. The molecule has 0 radical (unpaired) electrons. The van der Waals surface area contributed by atoms with Crippen molar-refractivity contribution in [1.82, 2.24) is 4.98 Å². The van der Waals surface area contributed by atoms with Crippen molar-refractivity contribution in [1.29, 1.82) is 0 Å². The molecule has 1 unspecified atom stereocenters. The number of benzene rings is 1. The molecule has 0 bridgehead atoms. The van der Waals surface area contributed by atoms with Crippen LogP contribution in [0.1, 0.15) is 18.2 Å². The number of hydrogen-bond acceptors (Lipinski definition) is 4. The number of nitrogens with two attached hydrogens (primary N) is 1. The second-order valence-corrected chi connectivity index (χ2v) is 6.00. The van der Waals surface area contributed by atoms with Crippen molar-refractivity contribution in [2.24, 2.45) is 11.8 Å². The average molecular weight is 303 g/mol. The van der Waals surface area contributed by atoms with Crippen molar-refractivity contribution in [2.45, 2.75) is 19.9 Å². The van der Waals surface area contributed by atoms with E-state index in [1.54, 1.807) is 6.07 Å². The molecule has 5 heteroatoms. The van der Waals surface area contributed by atoms with E-state index in [1.165, 1.54) is 11.3 Å². The third-order valence-corrected chi connectivity index (χ3v) is 4.18. The third-order valence-electron chi connectivity index (χ3n) is 3.84. The van der Waals surface area contributed by atoms with Crippen LogP contribution in [0.3, 0.4) is 0 Å². The number of nitrogen functional groups attached to an aromatic ring is 1. The Labute approximate surface area is 129 Å². The van der Waals surface area contributed by atoms with E-state index in [0.29, 0.717) is 23.3 Å². The summed E-state index contributed by atoms with van der Waals surface area (Å²) >= 11 is 6.28. The normalized spacial score (nSPS) is 17.5. The largest absolute Gasteiger partial charge is 0.365 e. The van der Waals surface area contributed by atoms with Crippen LogP contribution in [-0.2, 0) is 13.0 Å². The maximum Gasteiger partial charge on any atom is 0.140 e. The lowest BCUT2D eigenvalue weighted by molar-refractivity contribution is 0.528. The first kappa shape index (κ1) is 14.2. The zero-order chi connectivity index (χ0) is 14.8. The molecule has 1 aliphatic heterocycles. The molecule has 0 saturated carbocycles. The quantitative estimate of drug-likeness (QED) is 0.675. The molecule has 3 N–H and O–H groups in total. The first-order valence-corrected chi connectivity index (χ1v) is 7.50. The number of para-hydroxylation sites is 1. The van der Waals surface area contributed by atoms with E-state index >= 15 is 0 Å². The minimum atomic E-state index is 0.620. The second-order valence-electron chi connectivity index (χ2n) is 5.59. The number of anilines is 2. The molecule has 1 atom stereocenters. The van der Waals surface area contributed by atoms with Crippen LogP contribution < -0.4 is 16.2 Å². The van der Waals surface area contributed by atoms with Crippen LogP contribution in [0.5, 0.6) is 0 Å². The van der Waals surface area contributed by atoms with Crippen LogP contribution in [0.4, 0.5) is 11.5 Å². The summed E-state index contributed by atoms with van der Waals surface area (Å²) in [5.41, 5.74) is 6.08. The van der Waals surface area contributed by atoms with Gasteiger partial charge in [0.2, 0.25) is 0 Å². The number of rotatable bonds is 3. The molecule has 110 valence electrons. The summed E-state index contributed by atoms with van der Waals surface area (Å²) in [6, 6.07) is 12.1. The van der Waals surface area contributed by atoms with E-state index in [-0.39, 0.29) is 0 Å². The maximum atomic E-state index is 6.28. The Morgan fingerprint density at radius 3 is 2.95 bits per heavy atom. The molecule has 0 fully saturated rings. The van der Waals surface area contributed by atoms with Gasteiger partial charge >= 0.3 is 0 Å². The lowest BCUT2D eigenvalue weighted by Crippen LogP contribution is -2.34. The zero-order valence-corrected chi connectivity index (χ0v) is 12.8. The molecule has 1 aromatic heterocycles. The van der Waals surface area contributed by atoms with Crippen LogP contribution in [0.2, 0.25) is 5.02 Å². The van der Waals surface area contributed by atoms with E-state index < -0.39 is 0 Å². The van der Waals surface area contributed by atoms with Gasteiger partial charge in [0.1, 0.15) is 5.82 Å². The van der Waals surface area contributed by atoms with Gasteiger partial charge in [0.05, 0.1) is 17.3 Å². The average Bonchev–Trinajstić information content (AvgIpc) is 2.49. The SMILES string of the molecule is CC1Cc2ccccc2N(Cc2nc(NN)ccc2Cl)C1. The lowest BCUT2D eigenvalue weighted by Gasteiger charge is -2.34. The summed E-state index contributed by atoms with van der Waals surface area (Å²) in [5, 5.41) is 0.671. The van der Waals surface area contributed by atoms with Crippen LogP contribution in [0.15, 0.2) is 36.4 Å². The van der Waals surface area contributed by atoms with E-state index in [0.717, 1.165) is 18.7 Å². The van der Waals surface area contributed by atoms with Crippen molar-refractivity contribution in [3.8, 4) is 0 Å². The number of hydrogen-bond donors (Lipinski definition) is 2. The van der Waals surface area contributed by atoms with Crippen molar-refractivity contribution in [3.05, 3.63) is 52.7 Å². The van der Waals surface area contributed by atoms with Crippen molar-refractivity contribution < 1.29 is 0 Å². The van der Waals surface area contributed by atoms with Crippen molar-refractivity contribution in [3.63, 3.8) is 0 Å². The third kappa shape index (κ3) is 2.96. The highest BCUT2D eigenvalue weighted by molar-refractivity contribution is 6.31. The van der Waals surface area contributed by atoms with E-state index in [4.69, 9.17) is 17.4 Å². The summed E-state index contributed by atoms with van der Waals surface area (Å²) in [6.07, 6.45) is 1.12. The minimum absolute atomic E-state index is 0.620. The monoisotopic (exact) mass is 302 g/mol. The highest BCUT2D eigenvalue weighted by Crippen LogP contribution is 2.31. The number of nitrogens with one attached hydrogen (secondary N) is 1. The van der Waals surface area contributed by atoms with Gasteiger partial charge in [-0.05, 0) is 36.1 Å².